The Morgan fingerprint density at radius 3 is 2.69 bits per heavy atom. The van der Waals surface area contributed by atoms with Crippen molar-refractivity contribution in [2.45, 2.75) is 20.4 Å². The Morgan fingerprint density at radius 2 is 2.12 bits per heavy atom. The quantitative estimate of drug-likeness (QED) is 0.442. The van der Waals surface area contributed by atoms with Crippen molar-refractivity contribution >= 4 is 17.5 Å². The largest absolute Gasteiger partial charge is 0.467 e. The molecule has 86 valence electrons. The molecule has 0 aliphatic carbocycles. The van der Waals surface area contributed by atoms with Crippen LogP contribution >= 0.6 is 0 Å². The number of furan rings is 1. The van der Waals surface area contributed by atoms with Gasteiger partial charge in [0.25, 0.3) is 0 Å². The second-order valence-electron chi connectivity index (χ2n) is 3.26. The van der Waals surface area contributed by atoms with Gasteiger partial charge in [-0.05, 0) is 26.0 Å². The monoisotopic (exact) mass is 223 g/mol. The van der Waals surface area contributed by atoms with Gasteiger partial charge in [0.2, 0.25) is 0 Å². The number of rotatable bonds is 3. The van der Waals surface area contributed by atoms with Gasteiger partial charge in [0.1, 0.15) is 5.76 Å². The first-order valence-electron chi connectivity index (χ1n) is 4.71. The van der Waals surface area contributed by atoms with Crippen LogP contribution in [0.2, 0.25) is 0 Å². The zero-order valence-electron chi connectivity index (χ0n) is 9.11. The molecule has 0 radical (unpaired) electrons. The maximum Gasteiger partial charge on any atom is 0.329 e. The number of nitrogens with zero attached hydrogens (tertiary/aromatic N) is 1. The van der Waals surface area contributed by atoms with Gasteiger partial charge in [-0.3, -0.25) is 9.59 Å². The predicted molar refractivity (Wildman–Crippen MR) is 57.5 cm³/mol. The molecule has 6 heteroatoms. The van der Waals surface area contributed by atoms with Crippen LogP contribution in [0.15, 0.2) is 27.9 Å². The van der Waals surface area contributed by atoms with E-state index in [1.54, 1.807) is 26.0 Å². The summed E-state index contributed by atoms with van der Waals surface area (Å²) in [6.45, 7) is 3.59. The number of carbonyl (C=O) groups is 2. The van der Waals surface area contributed by atoms with Crippen molar-refractivity contribution in [2.24, 2.45) is 5.10 Å². The van der Waals surface area contributed by atoms with E-state index >= 15 is 0 Å². The molecular weight excluding hydrogens is 210 g/mol. The van der Waals surface area contributed by atoms with E-state index in [1.165, 1.54) is 6.26 Å². The third-order valence-corrected chi connectivity index (χ3v) is 1.59. The zero-order valence-corrected chi connectivity index (χ0v) is 9.11. The van der Waals surface area contributed by atoms with Gasteiger partial charge in [0.15, 0.2) is 0 Å². The smallest absolute Gasteiger partial charge is 0.329 e. The average Bonchev–Trinajstić information content (AvgIpc) is 2.75. The Hall–Kier alpha value is -2.11. The molecule has 1 aromatic heterocycles. The summed E-state index contributed by atoms with van der Waals surface area (Å²) >= 11 is 0. The molecule has 2 N–H and O–H groups in total. The molecule has 0 bridgehead atoms. The van der Waals surface area contributed by atoms with Crippen molar-refractivity contribution in [3.63, 3.8) is 0 Å². The highest BCUT2D eigenvalue weighted by Crippen LogP contribution is 1.97. The van der Waals surface area contributed by atoms with Gasteiger partial charge in [-0.1, -0.05) is 0 Å². The first-order chi connectivity index (χ1) is 7.59. The highest BCUT2D eigenvalue weighted by atomic mass is 16.3. The molecule has 1 rings (SSSR count). The van der Waals surface area contributed by atoms with Crippen molar-refractivity contribution in [3.8, 4) is 0 Å². The minimum atomic E-state index is -0.798. The van der Waals surface area contributed by atoms with E-state index < -0.39 is 11.8 Å². The van der Waals surface area contributed by atoms with E-state index in [2.05, 4.69) is 15.8 Å². The Balaban J connectivity index is 2.35. The predicted octanol–water partition coefficient (Wildman–Crippen LogP) is 0.408. The van der Waals surface area contributed by atoms with E-state index in [9.17, 15) is 9.59 Å². The maximum absolute atomic E-state index is 11.2. The van der Waals surface area contributed by atoms with Crippen molar-refractivity contribution in [1.82, 2.24) is 10.7 Å². The molecule has 0 fully saturated rings. The third-order valence-electron chi connectivity index (χ3n) is 1.59. The van der Waals surface area contributed by atoms with Crippen molar-refractivity contribution in [1.29, 1.82) is 0 Å². The SMILES string of the molecule is CC(C)=NNC(=O)C(=O)NCc1ccco1. The minimum Gasteiger partial charge on any atom is -0.467 e. The van der Waals surface area contributed by atoms with E-state index in [0.717, 1.165) is 0 Å². The molecule has 0 spiro atoms. The fourth-order valence-electron chi connectivity index (χ4n) is 0.874. The van der Waals surface area contributed by atoms with Crippen LogP contribution in [0.3, 0.4) is 0 Å². The topological polar surface area (TPSA) is 83.7 Å². The molecule has 0 atom stereocenters. The highest BCUT2D eigenvalue weighted by Gasteiger charge is 2.12. The van der Waals surface area contributed by atoms with Crippen LogP contribution in [0.1, 0.15) is 19.6 Å². The number of nitrogens with one attached hydrogen (secondary N) is 2. The van der Waals surface area contributed by atoms with Crippen molar-refractivity contribution in [3.05, 3.63) is 24.2 Å². The lowest BCUT2D eigenvalue weighted by Gasteiger charge is -2.01. The van der Waals surface area contributed by atoms with Gasteiger partial charge in [-0.2, -0.15) is 5.10 Å². The van der Waals surface area contributed by atoms with Gasteiger partial charge < -0.3 is 9.73 Å². The molecule has 0 aliphatic rings. The van der Waals surface area contributed by atoms with Gasteiger partial charge in [0.05, 0.1) is 12.8 Å². The molecule has 6 nitrogen and oxygen atoms in total. The second kappa shape index (κ2) is 5.69. The van der Waals surface area contributed by atoms with Gasteiger partial charge in [-0.25, -0.2) is 5.43 Å². The maximum atomic E-state index is 11.2. The third kappa shape index (κ3) is 3.95. The van der Waals surface area contributed by atoms with E-state index in [-0.39, 0.29) is 6.54 Å². The highest BCUT2D eigenvalue weighted by molar-refractivity contribution is 6.35. The fraction of sp³-hybridized carbons (Fsp3) is 0.300. The Morgan fingerprint density at radius 1 is 1.38 bits per heavy atom. The van der Waals surface area contributed by atoms with Gasteiger partial charge in [0, 0.05) is 5.71 Å². The molecule has 0 aliphatic heterocycles. The molecule has 0 aromatic carbocycles. The summed E-state index contributed by atoms with van der Waals surface area (Å²) in [5.41, 5.74) is 2.78. The molecule has 2 amide bonds. The van der Waals surface area contributed by atoms with Crippen LogP contribution < -0.4 is 10.7 Å². The summed E-state index contributed by atoms with van der Waals surface area (Å²) in [5, 5.41) is 6.02. The molecular formula is C10H13N3O3. The summed E-state index contributed by atoms with van der Waals surface area (Å²) in [7, 11) is 0. The summed E-state index contributed by atoms with van der Waals surface area (Å²) in [4.78, 5) is 22.4. The van der Waals surface area contributed by atoms with Crippen LogP contribution in [-0.4, -0.2) is 17.5 Å². The number of amides is 2. The molecule has 16 heavy (non-hydrogen) atoms. The van der Waals surface area contributed by atoms with Crippen LogP contribution in [0.4, 0.5) is 0 Å². The summed E-state index contributed by atoms with van der Waals surface area (Å²) < 4.78 is 4.99. The summed E-state index contributed by atoms with van der Waals surface area (Å²) in [6, 6.07) is 3.40. The van der Waals surface area contributed by atoms with E-state index in [1.807, 2.05) is 0 Å². The summed E-state index contributed by atoms with van der Waals surface area (Å²) in [6.07, 6.45) is 1.49. The second-order valence-corrected chi connectivity index (χ2v) is 3.26. The van der Waals surface area contributed by atoms with Crippen molar-refractivity contribution in [2.75, 3.05) is 0 Å². The Kier molecular flexibility index (Phi) is 4.26. The molecule has 0 unspecified atom stereocenters. The lowest BCUT2D eigenvalue weighted by molar-refractivity contribution is -0.139. The van der Waals surface area contributed by atoms with Crippen LogP contribution in [0, 0.1) is 0 Å². The fourth-order valence-corrected chi connectivity index (χ4v) is 0.874. The molecule has 0 saturated carbocycles. The van der Waals surface area contributed by atoms with Crippen LogP contribution in [0.5, 0.6) is 0 Å². The van der Waals surface area contributed by atoms with Crippen LogP contribution in [0.25, 0.3) is 0 Å². The number of carbonyl (C=O) groups excluding carboxylic acids is 2. The van der Waals surface area contributed by atoms with Crippen LogP contribution in [-0.2, 0) is 16.1 Å². The number of hydrogen-bond donors (Lipinski definition) is 2. The molecule has 1 heterocycles. The lowest BCUT2D eigenvalue weighted by Crippen LogP contribution is -2.37. The van der Waals surface area contributed by atoms with Gasteiger partial charge >= 0.3 is 11.8 Å². The molecule has 0 saturated heterocycles. The van der Waals surface area contributed by atoms with Gasteiger partial charge in [-0.15, -0.1) is 0 Å². The zero-order chi connectivity index (χ0) is 12.0. The normalized spacial score (nSPS) is 9.38. The number of hydrogen-bond acceptors (Lipinski definition) is 4. The lowest BCUT2D eigenvalue weighted by atomic mass is 10.4. The standard InChI is InChI=1S/C10H13N3O3/c1-7(2)12-13-10(15)9(14)11-6-8-4-3-5-16-8/h3-5H,6H2,1-2H3,(H,11,14)(H,13,15). The van der Waals surface area contributed by atoms with E-state index in [0.29, 0.717) is 11.5 Å². The number of hydrazone groups is 1. The van der Waals surface area contributed by atoms with Crippen molar-refractivity contribution < 1.29 is 14.0 Å². The minimum absolute atomic E-state index is 0.175. The molecule has 1 aromatic rings. The van der Waals surface area contributed by atoms with E-state index in [4.69, 9.17) is 4.42 Å². The first kappa shape index (κ1) is 12.0. The summed E-state index contributed by atoms with van der Waals surface area (Å²) in [5.74, 6) is -0.967. The average molecular weight is 223 g/mol. The first-order valence-corrected chi connectivity index (χ1v) is 4.71. The Labute approximate surface area is 92.7 Å². The Bertz CT molecular complexity index is 391.